The molecule has 0 aromatic rings. The highest BCUT2D eigenvalue weighted by molar-refractivity contribution is 5.76. The summed E-state index contributed by atoms with van der Waals surface area (Å²) in [5, 5.41) is 8.95. The molecule has 0 bridgehead atoms. The summed E-state index contributed by atoms with van der Waals surface area (Å²) in [6, 6.07) is 0. The van der Waals surface area contributed by atoms with Gasteiger partial charge in [0.05, 0.1) is 0 Å². The second-order valence-corrected chi connectivity index (χ2v) is 6.10. The van der Waals surface area contributed by atoms with E-state index in [4.69, 9.17) is 5.11 Å². The normalized spacial score (nSPS) is 26.9. The second-order valence-electron chi connectivity index (χ2n) is 6.10. The Morgan fingerprint density at radius 3 is 2.32 bits per heavy atom. The van der Waals surface area contributed by atoms with E-state index < -0.39 is 24.1 Å². The molecule has 2 atom stereocenters. The molecule has 1 rings (SSSR count). The van der Waals surface area contributed by atoms with E-state index in [0.29, 0.717) is 12.5 Å². The van der Waals surface area contributed by atoms with Crippen LogP contribution in [0.5, 0.6) is 0 Å². The number of likely N-dealkylation sites (tertiary alicyclic amines) is 1. The molecule has 1 aliphatic heterocycles. The van der Waals surface area contributed by atoms with Crippen LogP contribution in [0.2, 0.25) is 0 Å². The highest BCUT2D eigenvalue weighted by atomic mass is 19.4. The summed E-state index contributed by atoms with van der Waals surface area (Å²) < 4.78 is 38.9. The Labute approximate surface area is 111 Å². The number of carbonyl (C=O) groups is 1. The first kappa shape index (κ1) is 16.3. The molecule has 1 saturated heterocycles. The fourth-order valence-corrected chi connectivity index (χ4v) is 2.89. The van der Waals surface area contributed by atoms with E-state index in [1.165, 1.54) is 0 Å². The van der Waals surface area contributed by atoms with Gasteiger partial charge >= 0.3 is 12.1 Å². The smallest absolute Gasteiger partial charge is 0.406 e. The first-order valence-corrected chi connectivity index (χ1v) is 6.61. The predicted octanol–water partition coefficient (Wildman–Crippen LogP) is 3.01. The Morgan fingerprint density at radius 1 is 1.37 bits per heavy atom. The molecule has 3 nitrogen and oxygen atoms in total. The van der Waals surface area contributed by atoms with Gasteiger partial charge in [-0.25, -0.2) is 0 Å². The van der Waals surface area contributed by atoms with Crippen molar-refractivity contribution in [3.8, 4) is 0 Å². The molecular weight excluding hydrogens is 259 g/mol. The Morgan fingerprint density at radius 2 is 1.95 bits per heavy atom. The van der Waals surface area contributed by atoms with Crippen LogP contribution in [0.3, 0.4) is 0 Å². The van der Waals surface area contributed by atoms with Crippen molar-refractivity contribution in [3.63, 3.8) is 0 Å². The van der Waals surface area contributed by atoms with E-state index in [9.17, 15) is 18.0 Å². The number of carboxylic acid groups (broad SMARTS) is 1. The summed E-state index contributed by atoms with van der Waals surface area (Å²) in [6.45, 7) is 6.44. The van der Waals surface area contributed by atoms with Gasteiger partial charge in [-0.2, -0.15) is 13.2 Å². The zero-order valence-electron chi connectivity index (χ0n) is 11.6. The van der Waals surface area contributed by atoms with Gasteiger partial charge in [-0.05, 0) is 31.2 Å². The highest BCUT2D eigenvalue weighted by Crippen LogP contribution is 2.45. The zero-order valence-corrected chi connectivity index (χ0v) is 11.6. The third kappa shape index (κ3) is 3.61. The fraction of sp³-hybridized carbons (Fsp3) is 0.923. The fourth-order valence-electron chi connectivity index (χ4n) is 2.89. The molecule has 1 N–H and O–H groups in total. The molecule has 1 heterocycles. The SMILES string of the molecule is CC(C)CC(C)CN1CCC(C(=O)O)(C(F)(F)F)C1. The van der Waals surface area contributed by atoms with Crippen LogP contribution in [0.15, 0.2) is 0 Å². The molecule has 1 aliphatic rings. The lowest BCUT2D eigenvalue weighted by Gasteiger charge is -2.28. The predicted molar refractivity (Wildman–Crippen MR) is 65.8 cm³/mol. The van der Waals surface area contributed by atoms with E-state index in [0.717, 1.165) is 6.42 Å². The molecule has 1 fully saturated rings. The third-order valence-corrected chi connectivity index (χ3v) is 3.74. The zero-order chi connectivity index (χ0) is 14.8. The van der Waals surface area contributed by atoms with Crippen LogP contribution >= 0.6 is 0 Å². The van der Waals surface area contributed by atoms with Crippen molar-refractivity contribution in [2.45, 2.75) is 39.8 Å². The van der Waals surface area contributed by atoms with Gasteiger partial charge in [-0.3, -0.25) is 4.79 Å². The Kier molecular flexibility index (Phi) is 4.87. The van der Waals surface area contributed by atoms with Gasteiger partial charge in [0.2, 0.25) is 0 Å². The van der Waals surface area contributed by atoms with Gasteiger partial charge < -0.3 is 10.0 Å². The molecule has 0 amide bonds. The van der Waals surface area contributed by atoms with Crippen molar-refractivity contribution in [1.29, 1.82) is 0 Å². The third-order valence-electron chi connectivity index (χ3n) is 3.74. The van der Waals surface area contributed by atoms with Crippen molar-refractivity contribution in [2.24, 2.45) is 17.3 Å². The lowest BCUT2D eigenvalue weighted by Crippen LogP contribution is -2.47. The van der Waals surface area contributed by atoms with Crippen LogP contribution in [0.4, 0.5) is 13.2 Å². The van der Waals surface area contributed by atoms with Gasteiger partial charge in [-0.15, -0.1) is 0 Å². The van der Waals surface area contributed by atoms with Gasteiger partial charge in [-0.1, -0.05) is 20.8 Å². The summed E-state index contributed by atoms with van der Waals surface area (Å²) in [7, 11) is 0. The molecule has 0 aliphatic carbocycles. The first-order chi connectivity index (χ1) is 8.58. The van der Waals surface area contributed by atoms with E-state index in [1.807, 2.05) is 6.92 Å². The van der Waals surface area contributed by atoms with Crippen molar-refractivity contribution in [3.05, 3.63) is 0 Å². The van der Waals surface area contributed by atoms with E-state index in [1.54, 1.807) is 4.90 Å². The summed E-state index contributed by atoms with van der Waals surface area (Å²) >= 11 is 0. The number of carboxylic acids is 1. The topological polar surface area (TPSA) is 40.5 Å². The average Bonchev–Trinajstić information content (AvgIpc) is 2.60. The maximum absolute atomic E-state index is 13.0. The molecule has 0 radical (unpaired) electrons. The number of nitrogens with zero attached hydrogens (tertiary/aromatic N) is 1. The number of rotatable bonds is 5. The van der Waals surface area contributed by atoms with Crippen molar-refractivity contribution < 1.29 is 23.1 Å². The second kappa shape index (κ2) is 5.69. The number of aliphatic carboxylic acids is 1. The van der Waals surface area contributed by atoms with Crippen LogP contribution < -0.4 is 0 Å². The minimum atomic E-state index is -4.69. The molecule has 0 aromatic carbocycles. The van der Waals surface area contributed by atoms with Crippen LogP contribution in [0.1, 0.15) is 33.6 Å². The summed E-state index contributed by atoms with van der Waals surface area (Å²) in [6.07, 6.45) is -4.10. The Bertz CT molecular complexity index is 330. The standard InChI is InChI=1S/C13H22F3NO2/c1-9(2)6-10(3)7-17-5-4-12(8-17,11(18)19)13(14,15)16/h9-10H,4-8H2,1-3H3,(H,18,19). The molecular formula is C13H22F3NO2. The monoisotopic (exact) mass is 281 g/mol. The maximum atomic E-state index is 13.0. The number of hydrogen-bond donors (Lipinski definition) is 1. The van der Waals surface area contributed by atoms with Gasteiger partial charge in [0, 0.05) is 13.1 Å². The number of alkyl halides is 3. The molecule has 0 aromatic heterocycles. The van der Waals surface area contributed by atoms with Crippen LogP contribution in [0.25, 0.3) is 0 Å². The van der Waals surface area contributed by atoms with Crippen molar-refractivity contribution in [2.75, 3.05) is 19.6 Å². The van der Waals surface area contributed by atoms with Gasteiger partial charge in [0.25, 0.3) is 0 Å². The van der Waals surface area contributed by atoms with Crippen molar-refractivity contribution in [1.82, 2.24) is 4.90 Å². The van der Waals surface area contributed by atoms with Crippen molar-refractivity contribution >= 4 is 5.97 Å². The van der Waals surface area contributed by atoms with Crippen LogP contribution in [-0.4, -0.2) is 41.8 Å². The maximum Gasteiger partial charge on any atom is 0.406 e. The number of hydrogen-bond acceptors (Lipinski definition) is 2. The summed E-state index contributed by atoms with van der Waals surface area (Å²) in [5.41, 5.74) is -2.58. The van der Waals surface area contributed by atoms with Gasteiger partial charge in [0.1, 0.15) is 0 Å². The molecule has 0 saturated carbocycles. The van der Waals surface area contributed by atoms with E-state index in [2.05, 4.69) is 13.8 Å². The molecule has 19 heavy (non-hydrogen) atoms. The van der Waals surface area contributed by atoms with Crippen LogP contribution in [0, 0.1) is 17.3 Å². The minimum Gasteiger partial charge on any atom is -0.481 e. The first-order valence-electron chi connectivity index (χ1n) is 6.61. The highest BCUT2D eigenvalue weighted by Gasteiger charge is 2.63. The van der Waals surface area contributed by atoms with Crippen LogP contribution in [-0.2, 0) is 4.79 Å². The lowest BCUT2D eigenvalue weighted by molar-refractivity contribution is -0.227. The summed E-state index contributed by atoms with van der Waals surface area (Å²) in [4.78, 5) is 12.7. The molecule has 112 valence electrons. The summed E-state index contributed by atoms with van der Waals surface area (Å²) in [5.74, 6) is -0.985. The lowest BCUT2D eigenvalue weighted by atomic mass is 9.86. The minimum absolute atomic E-state index is 0.203. The largest absolute Gasteiger partial charge is 0.481 e. The average molecular weight is 281 g/mol. The number of halogens is 3. The Hall–Kier alpha value is -0.780. The van der Waals surface area contributed by atoms with Gasteiger partial charge in [0.15, 0.2) is 5.41 Å². The molecule has 2 unspecified atom stereocenters. The molecule has 6 heteroatoms. The van der Waals surface area contributed by atoms with E-state index >= 15 is 0 Å². The molecule has 0 spiro atoms. The van der Waals surface area contributed by atoms with E-state index in [-0.39, 0.29) is 18.9 Å². The quantitative estimate of drug-likeness (QED) is 0.842. The Balaban J connectivity index is 2.68.